The summed E-state index contributed by atoms with van der Waals surface area (Å²) in [6.45, 7) is 1.39. The number of aromatic nitrogens is 2. The molecule has 2 aromatic rings. The van der Waals surface area contributed by atoms with Crippen LogP contribution < -0.4 is 5.56 Å². The number of rotatable bonds is 4. The van der Waals surface area contributed by atoms with E-state index >= 15 is 0 Å². The number of carbonyl (C=O) groups excluding carboxylic acids is 2. The number of carbonyl (C=O) groups is 2. The first kappa shape index (κ1) is 13.7. The van der Waals surface area contributed by atoms with Crippen LogP contribution in [0, 0.1) is 0 Å². The molecule has 1 N–H and O–H groups in total. The van der Waals surface area contributed by atoms with E-state index < -0.39 is 22.8 Å². The predicted octanol–water partition coefficient (Wildman–Crippen LogP) is 0.478. The molecule has 0 aliphatic heterocycles. The molecule has 0 aromatic carbocycles. The Bertz CT molecular complexity index is 735. The van der Waals surface area contributed by atoms with Gasteiger partial charge in [0.15, 0.2) is 5.56 Å². The van der Waals surface area contributed by atoms with Crippen molar-refractivity contribution in [2.75, 3.05) is 6.61 Å². The Balaban J connectivity index is 2.85. The molecule has 0 saturated carbocycles. The van der Waals surface area contributed by atoms with Gasteiger partial charge in [-0.3, -0.25) is 9.36 Å². The van der Waals surface area contributed by atoms with Crippen molar-refractivity contribution in [2.24, 2.45) is 0 Å². The molecule has 0 saturated heterocycles. The summed E-state index contributed by atoms with van der Waals surface area (Å²) in [4.78, 5) is 38.7. The number of ether oxygens (including phenoxy) is 1. The van der Waals surface area contributed by atoms with E-state index in [4.69, 9.17) is 4.74 Å². The van der Waals surface area contributed by atoms with E-state index in [0.717, 1.165) is 4.57 Å². The number of pyridine rings is 2. The molecular formula is C13H12N2O5. The molecular weight excluding hydrogens is 264 g/mol. The van der Waals surface area contributed by atoms with Crippen LogP contribution in [0.2, 0.25) is 0 Å². The highest BCUT2D eigenvalue weighted by molar-refractivity contribution is 5.98. The maximum absolute atomic E-state index is 12.2. The molecule has 0 aliphatic rings. The average molecular weight is 276 g/mol. The van der Waals surface area contributed by atoms with Crippen LogP contribution in [0.25, 0.3) is 11.0 Å². The van der Waals surface area contributed by atoms with Crippen LogP contribution in [-0.2, 0) is 16.1 Å². The van der Waals surface area contributed by atoms with Crippen LogP contribution >= 0.6 is 0 Å². The van der Waals surface area contributed by atoms with Crippen molar-refractivity contribution in [3.63, 3.8) is 0 Å². The van der Waals surface area contributed by atoms with Crippen molar-refractivity contribution in [1.82, 2.24) is 9.55 Å². The number of nitrogens with zero attached hydrogens (tertiary/aromatic N) is 2. The first-order valence-electron chi connectivity index (χ1n) is 5.93. The minimum Gasteiger partial charge on any atom is -0.506 e. The molecule has 20 heavy (non-hydrogen) atoms. The molecule has 2 aromatic heterocycles. The zero-order chi connectivity index (χ0) is 14.7. The Morgan fingerprint density at radius 3 is 2.95 bits per heavy atom. The summed E-state index contributed by atoms with van der Waals surface area (Å²) < 4.78 is 5.77. The van der Waals surface area contributed by atoms with Crippen LogP contribution in [0.3, 0.4) is 0 Å². The summed E-state index contributed by atoms with van der Waals surface area (Å²) in [6.07, 6.45) is 1.94. The van der Waals surface area contributed by atoms with Crippen molar-refractivity contribution in [1.29, 1.82) is 0 Å². The van der Waals surface area contributed by atoms with Gasteiger partial charge in [0.2, 0.25) is 0 Å². The Kier molecular flexibility index (Phi) is 3.79. The van der Waals surface area contributed by atoms with Gasteiger partial charge in [-0.25, -0.2) is 9.78 Å². The summed E-state index contributed by atoms with van der Waals surface area (Å²) in [5.74, 6) is -1.42. The van der Waals surface area contributed by atoms with Crippen molar-refractivity contribution >= 4 is 23.3 Å². The van der Waals surface area contributed by atoms with Gasteiger partial charge in [0.05, 0.1) is 18.5 Å². The molecule has 0 unspecified atom stereocenters. The zero-order valence-corrected chi connectivity index (χ0v) is 10.7. The lowest BCUT2D eigenvalue weighted by molar-refractivity contribution is -0.108. The maximum atomic E-state index is 12.2. The van der Waals surface area contributed by atoms with Crippen molar-refractivity contribution in [2.45, 2.75) is 13.5 Å². The molecule has 2 heterocycles. The van der Waals surface area contributed by atoms with Gasteiger partial charge in [-0.2, -0.15) is 0 Å². The summed E-state index contributed by atoms with van der Waals surface area (Å²) in [5, 5.41) is 10.3. The van der Waals surface area contributed by atoms with E-state index in [9.17, 15) is 19.5 Å². The third-order valence-corrected chi connectivity index (χ3v) is 2.73. The molecule has 0 aliphatic carbocycles. The number of fused-ring (bicyclic) bond motifs is 1. The number of aldehydes is 1. The standard InChI is InChI=1S/C13H12N2O5/c1-2-20-13(19)9-10(17)8-4-3-5-14-11(8)15(6-7-16)12(9)18/h3-5,7,17H,2,6H2,1H3. The van der Waals surface area contributed by atoms with Gasteiger partial charge < -0.3 is 14.6 Å². The van der Waals surface area contributed by atoms with Gasteiger partial charge in [-0.05, 0) is 19.1 Å². The second kappa shape index (κ2) is 5.52. The van der Waals surface area contributed by atoms with E-state index in [2.05, 4.69) is 4.98 Å². The Morgan fingerprint density at radius 2 is 2.30 bits per heavy atom. The fourth-order valence-electron chi connectivity index (χ4n) is 1.90. The fraction of sp³-hybridized carbons (Fsp3) is 0.231. The van der Waals surface area contributed by atoms with E-state index in [0.29, 0.717) is 6.29 Å². The van der Waals surface area contributed by atoms with Gasteiger partial charge in [0.1, 0.15) is 17.7 Å². The summed E-state index contributed by atoms with van der Waals surface area (Å²) in [6, 6.07) is 3.05. The normalized spacial score (nSPS) is 10.4. The average Bonchev–Trinajstić information content (AvgIpc) is 2.44. The second-order valence-corrected chi connectivity index (χ2v) is 3.90. The van der Waals surface area contributed by atoms with Gasteiger partial charge in [-0.1, -0.05) is 0 Å². The Hall–Kier alpha value is -2.70. The molecule has 7 nitrogen and oxygen atoms in total. The van der Waals surface area contributed by atoms with E-state index in [1.807, 2.05) is 0 Å². The third-order valence-electron chi connectivity index (χ3n) is 2.73. The Morgan fingerprint density at radius 1 is 1.55 bits per heavy atom. The van der Waals surface area contributed by atoms with E-state index in [-0.39, 0.29) is 24.2 Å². The van der Waals surface area contributed by atoms with Gasteiger partial charge in [0.25, 0.3) is 5.56 Å². The van der Waals surface area contributed by atoms with Gasteiger partial charge in [-0.15, -0.1) is 0 Å². The first-order valence-corrected chi connectivity index (χ1v) is 5.93. The van der Waals surface area contributed by atoms with Crippen LogP contribution in [0.5, 0.6) is 5.75 Å². The molecule has 0 fully saturated rings. The second-order valence-electron chi connectivity index (χ2n) is 3.90. The third kappa shape index (κ3) is 2.13. The highest BCUT2D eigenvalue weighted by atomic mass is 16.5. The van der Waals surface area contributed by atoms with Crippen LogP contribution in [0.1, 0.15) is 17.3 Å². The summed E-state index contributed by atoms with van der Waals surface area (Å²) in [5.41, 5.74) is -1.16. The highest BCUT2D eigenvalue weighted by Gasteiger charge is 2.23. The molecule has 0 spiro atoms. The lowest BCUT2D eigenvalue weighted by Gasteiger charge is -2.11. The lowest BCUT2D eigenvalue weighted by atomic mass is 10.1. The zero-order valence-electron chi connectivity index (χ0n) is 10.7. The number of aromatic hydroxyl groups is 1. The van der Waals surface area contributed by atoms with Gasteiger partial charge in [0, 0.05) is 6.20 Å². The smallest absolute Gasteiger partial charge is 0.347 e. The molecule has 0 radical (unpaired) electrons. The number of esters is 1. The summed E-state index contributed by atoms with van der Waals surface area (Å²) in [7, 11) is 0. The van der Waals surface area contributed by atoms with Crippen LogP contribution in [-0.4, -0.2) is 33.5 Å². The van der Waals surface area contributed by atoms with E-state index in [1.165, 1.54) is 12.3 Å². The molecule has 0 atom stereocenters. The SMILES string of the molecule is CCOC(=O)c1c(O)c2cccnc2n(CC=O)c1=O. The number of hydrogen-bond acceptors (Lipinski definition) is 6. The van der Waals surface area contributed by atoms with E-state index in [1.54, 1.807) is 13.0 Å². The molecule has 2 rings (SSSR count). The molecule has 104 valence electrons. The Labute approximate surface area is 113 Å². The summed E-state index contributed by atoms with van der Waals surface area (Å²) >= 11 is 0. The maximum Gasteiger partial charge on any atom is 0.347 e. The fourth-order valence-corrected chi connectivity index (χ4v) is 1.90. The highest BCUT2D eigenvalue weighted by Crippen LogP contribution is 2.25. The first-order chi connectivity index (χ1) is 9.61. The quantitative estimate of drug-likeness (QED) is 0.644. The minimum absolute atomic E-state index is 0.0659. The largest absolute Gasteiger partial charge is 0.506 e. The number of hydrogen-bond donors (Lipinski definition) is 1. The molecule has 7 heteroatoms. The molecule has 0 amide bonds. The molecule has 0 bridgehead atoms. The monoisotopic (exact) mass is 276 g/mol. The van der Waals surface area contributed by atoms with Crippen molar-refractivity contribution in [3.8, 4) is 5.75 Å². The van der Waals surface area contributed by atoms with Crippen LogP contribution in [0.4, 0.5) is 0 Å². The predicted molar refractivity (Wildman–Crippen MR) is 69.7 cm³/mol. The topological polar surface area (TPSA) is 98.5 Å². The lowest BCUT2D eigenvalue weighted by Crippen LogP contribution is -2.29. The van der Waals surface area contributed by atoms with Crippen LogP contribution in [0.15, 0.2) is 23.1 Å². The minimum atomic E-state index is -0.930. The van der Waals surface area contributed by atoms with Crippen molar-refractivity contribution < 1.29 is 19.4 Å². The van der Waals surface area contributed by atoms with Gasteiger partial charge >= 0.3 is 5.97 Å². The van der Waals surface area contributed by atoms with Crippen molar-refractivity contribution in [3.05, 3.63) is 34.2 Å².